The summed E-state index contributed by atoms with van der Waals surface area (Å²) in [5.74, 6) is 2.27. The summed E-state index contributed by atoms with van der Waals surface area (Å²) in [6.07, 6.45) is 6.18. The van der Waals surface area contributed by atoms with Crippen LogP contribution >= 0.6 is 22.6 Å². The van der Waals surface area contributed by atoms with E-state index in [9.17, 15) is 0 Å². The summed E-state index contributed by atoms with van der Waals surface area (Å²) in [6, 6.07) is 0. The Morgan fingerprint density at radius 3 is 2.11 bits per heavy atom. The van der Waals surface area contributed by atoms with E-state index in [-0.39, 0.29) is 11.0 Å². The zero-order valence-electron chi connectivity index (χ0n) is 4.94. The topological polar surface area (TPSA) is 0 Å². The van der Waals surface area contributed by atoms with Gasteiger partial charge in [0.15, 0.2) is 0 Å². The monoisotopic (exact) mass is 254 g/mol. The molecule has 54 valence electrons. The van der Waals surface area contributed by atoms with E-state index in [0.29, 0.717) is 0 Å². The molecule has 0 nitrogen and oxygen atoms in total. The molecule has 0 amide bonds. The lowest BCUT2D eigenvalue weighted by molar-refractivity contribution is 0.503. The number of halogens is 1. The van der Waals surface area contributed by atoms with Gasteiger partial charge < -0.3 is 0 Å². The van der Waals surface area contributed by atoms with Crippen molar-refractivity contribution in [1.29, 1.82) is 0 Å². The third-order valence-corrected chi connectivity index (χ3v) is 4.18. The van der Waals surface area contributed by atoms with Crippen LogP contribution < -0.4 is 0 Å². The van der Waals surface area contributed by atoms with Gasteiger partial charge in [-0.2, -0.15) is 0 Å². The Morgan fingerprint density at radius 1 is 1.11 bits per heavy atom. The molecular formula is C7H15ISi. The van der Waals surface area contributed by atoms with E-state index < -0.39 is 0 Å². The van der Waals surface area contributed by atoms with Gasteiger partial charge in [-0.25, -0.2) is 0 Å². The quantitative estimate of drug-likeness (QED) is 0.346. The van der Waals surface area contributed by atoms with Crippen LogP contribution in [0.1, 0.15) is 25.7 Å². The van der Waals surface area contributed by atoms with E-state index >= 15 is 0 Å². The van der Waals surface area contributed by atoms with E-state index in [1.807, 2.05) is 0 Å². The third-order valence-electron chi connectivity index (χ3n) is 2.65. The van der Waals surface area contributed by atoms with Gasteiger partial charge in [-0.1, -0.05) is 29.0 Å². The molecule has 0 saturated heterocycles. The first-order chi connectivity index (χ1) is 3.86. The molecule has 0 aromatic carbocycles. The van der Waals surface area contributed by atoms with Gasteiger partial charge in [-0.15, -0.1) is 0 Å². The van der Waals surface area contributed by atoms with E-state index in [4.69, 9.17) is 0 Å². The average Bonchev–Trinajstić information content (AvgIpc) is 2.23. The third kappa shape index (κ3) is 1.34. The summed E-state index contributed by atoms with van der Waals surface area (Å²) in [6.45, 7) is 0. The molecule has 2 heteroatoms. The molecule has 0 aliphatic heterocycles. The fourth-order valence-electron chi connectivity index (χ4n) is 2.17. The van der Waals surface area contributed by atoms with Crippen LogP contribution in [0.15, 0.2) is 0 Å². The zero-order chi connectivity index (χ0) is 5.56. The lowest BCUT2D eigenvalue weighted by Crippen LogP contribution is -2.07. The highest BCUT2D eigenvalue weighted by molar-refractivity contribution is 14.1. The van der Waals surface area contributed by atoms with Crippen molar-refractivity contribution < 1.29 is 0 Å². The minimum absolute atomic E-state index is 0. The summed E-state index contributed by atoms with van der Waals surface area (Å²) >= 11 is 2.62. The summed E-state index contributed by atoms with van der Waals surface area (Å²) in [7, 11) is 0. The molecule has 0 spiro atoms. The highest BCUT2D eigenvalue weighted by Crippen LogP contribution is 2.47. The standard InChI is InChI=1S/C7H11I.H4Si/c8-7-4-5-1-2-6(7)3-5;/h5-7H,1-4H2;1H4. The first-order valence-corrected chi connectivity index (χ1v) is 4.75. The van der Waals surface area contributed by atoms with Gasteiger partial charge in [0.25, 0.3) is 0 Å². The van der Waals surface area contributed by atoms with Gasteiger partial charge in [0, 0.05) is 3.92 Å². The van der Waals surface area contributed by atoms with Crippen molar-refractivity contribution in [3.8, 4) is 0 Å². The fraction of sp³-hybridized carbons (Fsp3) is 1.00. The van der Waals surface area contributed by atoms with Gasteiger partial charge >= 0.3 is 0 Å². The van der Waals surface area contributed by atoms with Crippen LogP contribution in [0.25, 0.3) is 0 Å². The van der Waals surface area contributed by atoms with Crippen LogP contribution in [0, 0.1) is 11.8 Å². The van der Waals surface area contributed by atoms with E-state index in [1.54, 1.807) is 12.8 Å². The largest absolute Gasteiger partial charge is 0.0823 e. The summed E-state index contributed by atoms with van der Waals surface area (Å²) in [5.41, 5.74) is 0. The Morgan fingerprint density at radius 2 is 1.89 bits per heavy atom. The van der Waals surface area contributed by atoms with E-state index in [0.717, 1.165) is 15.8 Å². The van der Waals surface area contributed by atoms with Crippen LogP contribution in [0.5, 0.6) is 0 Å². The van der Waals surface area contributed by atoms with Gasteiger partial charge in [0.2, 0.25) is 0 Å². The van der Waals surface area contributed by atoms with Gasteiger partial charge in [-0.3, -0.25) is 0 Å². The number of alkyl halides is 1. The molecule has 0 N–H and O–H groups in total. The number of hydrogen-bond acceptors (Lipinski definition) is 0. The van der Waals surface area contributed by atoms with Crippen LogP contribution in [0.3, 0.4) is 0 Å². The first-order valence-electron chi connectivity index (χ1n) is 3.50. The van der Waals surface area contributed by atoms with Crippen LogP contribution in [-0.4, -0.2) is 14.9 Å². The zero-order valence-corrected chi connectivity index (χ0v) is 7.10. The predicted molar refractivity (Wildman–Crippen MR) is 54.6 cm³/mol. The Balaban J connectivity index is 0.000000405. The van der Waals surface area contributed by atoms with Crippen LogP contribution in [-0.2, 0) is 0 Å². The maximum absolute atomic E-state index is 2.62. The molecule has 2 bridgehead atoms. The summed E-state index contributed by atoms with van der Waals surface area (Å²) < 4.78 is 1.05. The fourth-order valence-corrected chi connectivity index (χ4v) is 3.54. The van der Waals surface area contributed by atoms with Crippen molar-refractivity contribution in [3.63, 3.8) is 0 Å². The van der Waals surface area contributed by atoms with Crippen molar-refractivity contribution >= 4 is 33.6 Å². The normalized spacial score (nSPS) is 47.0. The predicted octanol–water partition coefficient (Wildman–Crippen LogP) is 1.16. The maximum Gasteiger partial charge on any atom is 0.0141 e. The first kappa shape index (κ1) is 8.05. The smallest absolute Gasteiger partial charge is 0.0141 e. The average molecular weight is 254 g/mol. The molecule has 2 fully saturated rings. The number of fused-ring (bicyclic) bond motifs is 2. The van der Waals surface area contributed by atoms with Crippen LogP contribution in [0.2, 0.25) is 0 Å². The van der Waals surface area contributed by atoms with Crippen molar-refractivity contribution in [1.82, 2.24) is 0 Å². The van der Waals surface area contributed by atoms with Crippen molar-refractivity contribution in [3.05, 3.63) is 0 Å². The second-order valence-electron chi connectivity index (χ2n) is 3.19. The summed E-state index contributed by atoms with van der Waals surface area (Å²) in [5, 5.41) is 0. The molecule has 2 aliphatic carbocycles. The lowest BCUT2D eigenvalue weighted by atomic mass is 10.0. The molecule has 0 radical (unpaired) electrons. The van der Waals surface area contributed by atoms with Crippen LogP contribution in [0.4, 0.5) is 0 Å². The molecule has 3 atom stereocenters. The Hall–Kier alpha value is 0.947. The highest BCUT2D eigenvalue weighted by Gasteiger charge is 2.37. The molecule has 2 rings (SSSR count). The SMILES string of the molecule is IC1CC2CCC1C2.[SiH4]. The highest BCUT2D eigenvalue weighted by atomic mass is 127. The Labute approximate surface area is 75.0 Å². The molecule has 2 aliphatic rings. The molecule has 9 heavy (non-hydrogen) atoms. The van der Waals surface area contributed by atoms with Crippen molar-refractivity contribution in [2.24, 2.45) is 11.8 Å². The maximum atomic E-state index is 2.62. The minimum Gasteiger partial charge on any atom is -0.0823 e. The molecular weight excluding hydrogens is 239 g/mol. The van der Waals surface area contributed by atoms with E-state index in [2.05, 4.69) is 22.6 Å². The van der Waals surface area contributed by atoms with E-state index in [1.165, 1.54) is 12.8 Å². The summed E-state index contributed by atoms with van der Waals surface area (Å²) in [4.78, 5) is 0. The second kappa shape index (κ2) is 2.90. The Bertz CT molecular complexity index is 103. The Kier molecular flexibility index (Phi) is 2.60. The van der Waals surface area contributed by atoms with Gasteiger partial charge in [0.1, 0.15) is 0 Å². The van der Waals surface area contributed by atoms with Crippen molar-refractivity contribution in [2.45, 2.75) is 29.6 Å². The molecule has 0 aromatic heterocycles. The van der Waals surface area contributed by atoms with Crippen molar-refractivity contribution in [2.75, 3.05) is 0 Å². The molecule has 2 saturated carbocycles. The van der Waals surface area contributed by atoms with Gasteiger partial charge in [-0.05, 0) is 42.1 Å². The minimum atomic E-state index is 0. The molecule has 3 unspecified atom stereocenters. The number of rotatable bonds is 0. The van der Waals surface area contributed by atoms with Gasteiger partial charge in [0.05, 0.1) is 0 Å². The lowest BCUT2D eigenvalue weighted by Gasteiger charge is -2.13. The number of hydrogen-bond donors (Lipinski definition) is 0. The molecule has 0 heterocycles. The molecule has 0 aromatic rings. The second-order valence-corrected chi connectivity index (χ2v) is 4.79.